The van der Waals surface area contributed by atoms with Crippen LogP contribution in [0.15, 0.2) is 12.1 Å². The molecule has 24 heavy (non-hydrogen) atoms. The van der Waals surface area contributed by atoms with Crippen molar-refractivity contribution >= 4 is 0 Å². The predicted molar refractivity (Wildman–Crippen MR) is 94.3 cm³/mol. The fourth-order valence-corrected chi connectivity index (χ4v) is 3.01. The van der Waals surface area contributed by atoms with E-state index in [4.69, 9.17) is 18.9 Å². The van der Waals surface area contributed by atoms with Crippen molar-refractivity contribution < 1.29 is 18.9 Å². The van der Waals surface area contributed by atoms with Crippen LogP contribution in [0.5, 0.6) is 17.2 Å². The molecule has 0 aromatic heterocycles. The molecule has 1 heterocycles. The molecular formula is C18H30N2O4. The quantitative estimate of drug-likeness (QED) is 0.781. The minimum Gasteiger partial charge on any atom is -0.496 e. The molecule has 0 bridgehead atoms. The zero-order valence-electron chi connectivity index (χ0n) is 15.5. The highest BCUT2D eigenvalue weighted by atomic mass is 16.5. The highest BCUT2D eigenvalue weighted by Gasteiger charge is 2.27. The number of ether oxygens (including phenoxy) is 4. The number of rotatable bonds is 8. The number of nitrogens with zero attached hydrogens (tertiary/aromatic N) is 1. The summed E-state index contributed by atoms with van der Waals surface area (Å²) >= 11 is 0. The molecule has 2 rings (SSSR count). The molecule has 0 aliphatic carbocycles. The topological polar surface area (TPSA) is 52.2 Å². The minimum absolute atomic E-state index is 0.0770. The third-order valence-electron chi connectivity index (χ3n) is 4.53. The standard InChI is InChI=1S/C18H30N2O4/c1-18(2,20-6-8-24-9-7-20)13-19-12-14-10-16(22-4)17(23-5)11-15(14)21-3/h10-11,19H,6-9,12-13H2,1-5H3. The summed E-state index contributed by atoms with van der Waals surface area (Å²) in [5.41, 5.74) is 1.13. The van der Waals surface area contributed by atoms with Crippen LogP contribution in [0.3, 0.4) is 0 Å². The van der Waals surface area contributed by atoms with Crippen LogP contribution in [0.25, 0.3) is 0 Å². The Bertz CT molecular complexity index is 528. The summed E-state index contributed by atoms with van der Waals surface area (Å²) < 4.78 is 21.6. The van der Waals surface area contributed by atoms with Gasteiger partial charge in [0.15, 0.2) is 11.5 Å². The molecule has 0 spiro atoms. The number of hydrogen-bond acceptors (Lipinski definition) is 6. The van der Waals surface area contributed by atoms with Crippen LogP contribution in [0.1, 0.15) is 19.4 Å². The van der Waals surface area contributed by atoms with E-state index in [1.807, 2.05) is 12.1 Å². The number of benzene rings is 1. The Morgan fingerprint density at radius 1 is 1.00 bits per heavy atom. The molecule has 136 valence electrons. The molecule has 6 heteroatoms. The van der Waals surface area contributed by atoms with Crippen LogP contribution in [0.4, 0.5) is 0 Å². The summed E-state index contributed by atoms with van der Waals surface area (Å²) in [6.07, 6.45) is 0. The van der Waals surface area contributed by atoms with Crippen molar-refractivity contribution in [2.75, 3.05) is 54.2 Å². The zero-order chi connectivity index (χ0) is 17.6. The van der Waals surface area contributed by atoms with Crippen molar-refractivity contribution in [2.45, 2.75) is 25.9 Å². The molecule has 1 aromatic carbocycles. The van der Waals surface area contributed by atoms with Gasteiger partial charge in [0.05, 0.1) is 34.5 Å². The zero-order valence-corrected chi connectivity index (χ0v) is 15.5. The van der Waals surface area contributed by atoms with E-state index < -0.39 is 0 Å². The first-order valence-electron chi connectivity index (χ1n) is 8.34. The highest BCUT2D eigenvalue weighted by Crippen LogP contribution is 2.34. The monoisotopic (exact) mass is 338 g/mol. The summed E-state index contributed by atoms with van der Waals surface area (Å²) in [4.78, 5) is 2.47. The van der Waals surface area contributed by atoms with Crippen LogP contribution in [-0.4, -0.2) is 64.6 Å². The lowest BCUT2D eigenvalue weighted by molar-refractivity contribution is -0.00967. The SMILES string of the molecule is COc1cc(OC)c(OC)cc1CNCC(C)(C)N1CCOCC1. The van der Waals surface area contributed by atoms with Gasteiger partial charge in [-0.15, -0.1) is 0 Å². The Morgan fingerprint density at radius 3 is 2.17 bits per heavy atom. The Balaban J connectivity index is 2.00. The van der Waals surface area contributed by atoms with Crippen molar-refractivity contribution in [3.8, 4) is 17.2 Å². The second-order valence-electron chi connectivity index (χ2n) is 6.53. The van der Waals surface area contributed by atoms with E-state index in [1.165, 1.54) is 0 Å². The molecular weight excluding hydrogens is 308 g/mol. The molecule has 0 amide bonds. The lowest BCUT2D eigenvalue weighted by Gasteiger charge is -2.41. The van der Waals surface area contributed by atoms with Gasteiger partial charge in [0.25, 0.3) is 0 Å². The highest BCUT2D eigenvalue weighted by molar-refractivity contribution is 5.50. The smallest absolute Gasteiger partial charge is 0.164 e. The van der Waals surface area contributed by atoms with Crippen molar-refractivity contribution in [3.63, 3.8) is 0 Å². The molecule has 1 aromatic rings. The molecule has 1 saturated heterocycles. The molecule has 1 fully saturated rings. The predicted octanol–water partition coefficient (Wildman–Crippen LogP) is 1.91. The van der Waals surface area contributed by atoms with Gasteiger partial charge in [-0.05, 0) is 19.9 Å². The number of nitrogens with one attached hydrogen (secondary N) is 1. The Kier molecular flexibility index (Phi) is 6.71. The van der Waals surface area contributed by atoms with E-state index in [9.17, 15) is 0 Å². The van der Waals surface area contributed by atoms with E-state index in [1.54, 1.807) is 21.3 Å². The molecule has 1 N–H and O–H groups in total. The third kappa shape index (κ3) is 4.53. The maximum Gasteiger partial charge on any atom is 0.164 e. The maximum absolute atomic E-state index is 5.48. The summed E-state index contributed by atoms with van der Waals surface area (Å²) in [7, 11) is 4.94. The number of methoxy groups -OCH3 is 3. The van der Waals surface area contributed by atoms with Crippen molar-refractivity contribution in [1.82, 2.24) is 10.2 Å². The van der Waals surface area contributed by atoms with E-state index >= 15 is 0 Å². The molecule has 0 radical (unpaired) electrons. The summed E-state index contributed by atoms with van der Waals surface area (Å²) in [6.45, 7) is 9.69. The number of morpholine rings is 1. The van der Waals surface area contributed by atoms with Crippen molar-refractivity contribution in [3.05, 3.63) is 17.7 Å². The average Bonchev–Trinajstić information content (AvgIpc) is 2.61. The van der Waals surface area contributed by atoms with Gasteiger partial charge < -0.3 is 24.3 Å². The Labute approximate surface area is 145 Å². The second kappa shape index (κ2) is 8.55. The Hall–Kier alpha value is -1.50. The van der Waals surface area contributed by atoms with Crippen LogP contribution in [-0.2, 0) is 11.3 Å². The molecule has 0 atom stereocenters. The summed E-state index contributed by atoms with van der Waals surface area (Å²) in [5, 5.41) is 3.54. The molecule has 6 nitrogen and oxygen atoms in total. The van der Waals surface area contributed by atoms with Crippen LogP contribution in [0, 0.1) is 0 Å². The fraction of sp³-hybridized carbons (Fsp3) is 0.667. The lowest BCUT2D eigenvalue weighted by atomic mass is 10.0. The first-order valence-corrected chi connectivity index (χ1v) is 8.34. The molecule has 0 saturated carbocycles. The molecule has 1 aliphatic heterocycles. The van der Waals surface area contributed by atoms with Gasteiger partial charge in [0.2, 0.25) is 0 Å². The van der Waals surface area contributed by atoms with E-state index in [2.05, 4.69) is 24.1 Å². The van der Waals surface area contributed by atoms with Crippen molar-refractivity contribution in [2.24, 2.45) is 0 Å². The fourth-order valence-electron chi connectivity index (χ4n) is 3.01. The second-order valence-corrected chi connectivity index (χ2v) is 6.53. The summed E-state index contributed by atoms with van der Waals surface area (Å²) in [6, 6.07) is 3.83. The van der Waals surface area contributed by atoms with E-state index in [0.717, 1.165) is 44.2 Å². The largest absolute Gasteiger partial charge is 0.496 e. The first-order chi connectivity index (χ1) is 11.5. The van der Waals surface area contributed by atoms with Crippen LogP contribution in [0.2, 0.25) is 0 Å². The summed E-state index contributed by atoms with van der Waals surface area (Å²) in [5.74, 6) is 2.18. The van der Waals surface area contributed by atoms with Crippen LogP contribution >= 0.6 is 0 Å². The third-order valence-corrected chi connectivity index (χ3v) is 4.53. The molecule has 0 unspecified atom stereocenters. The molecule has 1 aliphatic rings. The van der Waals surface area contributed by atoms with E-state index in [0.29, 0.717) is 18.0 Å². The van der Waals surface area contributed by atoms with Gasteiger partial charge in [-0.1, -0.05) is 0 Å². The minimum atomic E-state index is 0.0770. The normalized spacial score (nSPS) is 16.0. The van der Waals surface area contributed by atoms with Gasteiger partial charge in [0, 0.05) is 43.3 Å². The average molecular weight is 338 g/mol. The van der Waals surface area contributed by atoms with Gasteiger partial charge in [-0.3, -0.25) is 4.90 Å². The first kappa shape index (κ1) is 18.8. The van der Waals surface area contributed by atoms with Gasteiger partial charge in [-0.2, -0.15) is 0 Å². The van der Waals surface area contributed by atoms with Crippen LogP contribution < -0.4 is 19.5 Å². The lowest BCUT2D eigenvalue weighted by Crippen LogP contribution is -2.54. The maximum atomic E-state index is 5.48. The van der Waals surface area contributed by atoms with Crippen molar-refractivity contribution in [1.29, 1.82) is 0 Å². The van der Waals surface area contributed by atoms with Gasteiger partial charge in [0.1, 0.15) is 5.75 Å². The van der Waals surface area contributed by atoms with E-state index in [-0.39, 0.29) is 5.54 Å². The Morgan fingerprint density at radius 2 is 1.58 bits per heavy atom. The number of hydrogen-bond donors (Lipinski definition) is 1. The van der Waals surface area contributed by atoms with Gasteiger partial charge >= 0.3 is 0 Å². The van der Waals surface area contributed by atoms with Gasteiger partial charge in [-0.25, -0.2) is 0 Å².